The number of nitrogens with zero attached hydrogens (tertiary/aromatic N) is 1. The summed E-state index contributed by atoms with van der Waals surface area (Å²) >= 11 is 6.07. The van der Waals surface area contributed by atoms with Gasteiger partial charge in [-0.25, -0.2) is 0 Å². The lowest BCUT2D eigenvalue weighted by Gasteiger charge is -2.20. The molecule has 1 fully saturated rings. The molecule has 1 aromatic carbocycles. The molecule has 19 heavy (non-hydrogen) atoms. The Hall–Kier alpha value is -1.13. The number of halogens is 1. The average molecular weight is 283 g/mol. The quantitative estimate of drug-likeness (QED) is 0.638. The Morgan fingerprint density at radius 3 is 2.68 bits per heavy atom. The van der Waals surface area contributed by atoms with E-state index in [2.05, 4.69) is 19.2 Å². The Kier molecular flexibility index (Phi) is 4.11. The Labute approximate surface area is 118 Å². The second-order valence-electron chi connectivity index (χ2n) is 5.65. The first-order chi connectivity index (χ1) is 8.94. The molecule has 1 saturated carbocycles. The minimum absolute atomic E-state index is 0.0891. The molecular weight excluding hydrogens is 264 g/mol. The summed E-state index contributed by atoms with van der Waals surface area (Å²) in [6.45, 7) is 6.02. The highest BCUT2D eigenvalue weighted by Gasteiger charge is 2.44. The van der Waals surface area contributed by atoms with Crippen LogP contribution in [0.2, 0.25) is 5.02 Å². The minimum Gasteiger partial charge on any atom is -0.312 e. The topological polar surface area (TPSA) is 55.2 Å². The molecule has 104 valence electrons. The normalized spacial score (nSPS) is 16.6. The van der Waals surface area contributed by atoms with E-state index in [1.165, 1.54) is 18.9 Å². The molecule has 0 heterocycles. The van der Waals surface area contributed by atoms with Gasteiger partial charge in [-0.1, -0.05) is 25.4 Å². The first-order valence-corrected chi connectivity index (χ1v) is 6.96. The van der Waals surface area contributed by atoms with Gasteiger partial charge in [-0.2, -0.15) is 0 Å². The van der Waals surface area contributed by atoms with Crippen LogP contribution < -0.4 is 5.32 Å². The number of nitro benzene ring substituents is 1. The molecular formula is C14H19ClN2O2. The Balaban J connectivity index is 1.96. The largest absolute Gasteiger partial charge is 0.312 e. The molecule has 0 radical (unpaired) electrons. The van der Waals surface area contributed by atoms with Crippen LogP contribution in [0.3, 0.4) is 0 Å². The minimum atomic E-state index is -0.393. The average Bonchev–Trinajstić information content (AvgIpc) is 3.12. The van der Waals surface area contributed by atoms with Gasteiger partial charge in [0.1, 0.15) is 0 Å². The Morgan fingerprint density at radius 1 is 1.47 bits per heavy atom. The smallest absolute Gasteiger partial charge is 0.269 e. The maximum Gasteiger partial charge on any atom is 0.269 e. The van der Waals surface area contributed by atoms with E-state index >= 15 is 0 Å². The molecule has 0 atom stereocenters. The predicted molar refractivity (Wildman–Crippen MR) is 76.3 cm³/mol. The molecule has 0 amide bonds. The van der Waals surface area contributed by atoms with Crippen LogP contribution in [-0.4, -0.2) is 11.5 Å². The second-order valence-corrected chi connectivity index (χ2v) is 6.06. The maximum absolute atomic E-state index is 10.7. The van der Waals surface area contributed by atoms with Crippen LogP contribution in [0.4, 0.5) is 5.69 Å². The summed E-state index contributed by atoms with van der Waals surface area (Å²) in [6.07, 6.45) is 2.53. The van der Waals surface area contributed by atoms with Gasteiger partial charge in [-0.3, -0.25) is 10.1 Å². The Bertz CT molecular complexity index is 484. The van der Waals surface area contributed by atoms with Crippen LogP contribution in [0.15, 0.2) is 18.2 Å². The van der Waals surface area contributed by atoms with Gasteiger partial charge in [-0.05, 0) is 35.8 Å². The number of hydrogen-bond acceptors (Lipinski definition) is 3. The van der Waals surface area contributed by atoms with Crippen LogP contribution in [0.1, 0.15) is 32.3 Å². The first kappa shape index (κ1) is 14.3. The van der Waals surface area contributed by atoms with Crippen LogP contribution in [0.25, 0.3) is 0 Å². The molecule has 0 aliphatic heterocycles. The van der Waals surface area contributed by atoms with Crippen molar-refractivity contribution in [3.05, 3.63) is 38.9 Å². The van der Waals surface area contributed by atoms with Crippen LogP contribution in [-0.2, 0) is 6.54 Å². The van der Waals surface area contributed by atoms with E-state index < -0.39 is 4.92 Å². The van der Waals surface area contributed by atoms with Crippen LogP contribution in [0.5, 0.6) is 0 Å². The molecule has 1 aliphatic carbocycles. The number of nitrogens with one attached hydrogen (secondary N) is 1. The van der Waals surface area contributed by atoms with E-state index in [-0.39, 0.29) is 5.69 Å². The summed E-state index contributed by atoms with van der Waals surface area (Å²) in [5.74, 6) is 0.667. The fraction of sp³-hybridized carbons (Fsp3) is 0.571. The SMILES string of the molecule is CC(C)C1(CNCc2cc([N+](=O)[O-])ccc2Cl)CC1. The molecule has 0 unspecified atom stereocenters. The summed E-state index contributed by atoms with van der Waals surface area (Å²) in [5, 5.41) is 14.7. The van der Waals surface area contributed by atoms with Crippen molar-refractivity contribution >= 4 is 17.3 Å². The lowest BCUT2D eigenvalue weighted by Crippen LogP contribution is -2.27. The summed E-state index contributed by atoms with van der Waals surface area (Å²) < 4.78 is 0. The van der Waals surface area contributed by atoms with Crippen LogP contribution in [0, 0.1) is 21.4 Å². The molecule has 1 aromatic rings. The van der Waals surface area contributed by atoms with Gasteiger partial charge in [0.15, 0.2) is 0 Å². The summed E-state index contributed by atoms with van der Waals surface area (Å²) in [6, 6.07) is 4.57. The summed E-state index contributed by atoms with van der Waals surface area (Å²) in [4.78, 5) is 10.3. The third-order valence-corrected chi connectivity index (χ3v) is 4.52. The second kappa shape index (κ2) is 5.47. The predicted octanol–water partition coefficient (Wildman–Crippen LogP) is 3.77. The highest BCUT2D eigenvalue weighted by Crippen LogP contribution is 2.51. The van der Waals surface area contributed by atoms with Gasteiger partial charge in [0, 0.05) is 30.2 Å². The van der Waals surface area contributed by atoms with Crippen molar-refractivity contribution in [1.29, 1.82) is 0 Å². The molecule has 4 nitrogen and oxygen atoms in total. The van der Waals surface area contributed by atoms with Crippen molar-refractivity contribution in [3.63, 3.8) is 0 Å². The van der Waals surface area contributed by atoms with E-state index in [9.17, 15) is 10.1 Å². The van der Waals surface area contributed by atoms with Gasteiger partial charge in [0.05, 0.1) is 4.92 Å². The van der Waals surface area contributed by atoms with Crippen molar-refractivity contribution in [2.75, 3.05) is 6.54 Å². The zero-order valence-corrected chi connectivity index (χ0v) is 12.0. The molecule has 1 N–H and O–H groups in total. The van der Waals surface area contributed by atoms with Crippen molar-refractivity contribution in [2.24, 2.45) is 11.3 Å². The fourth-order valence-electron chi connectivity index (χ4n) is 2.38. The van der Waals surface area contributed by atoms with Gasteiger partial charge < -0.3 is 5.32 Å². The van der Waals surface area contributed by atoms with E-state index in [0.29, 0.717) is 22.9 Å². The molecule has 5 heteroatoms. The van der Waals surface area contributed by atoms with Crippen molar-refractivity contribution in [1.82, 2.24) is 5.32 Å². The molecule has 0 bridgehead atoms. The van der Waals surface area contributed by atoms with Crippen molar-refractivity contribution < 1.29 is 4.92 Å². The number of rotatable bonds is 6. The van der Waals surface area contributed by atoms with Crippen molar-refractivity contribution in [3.8, 4) is 0 Å². The van der Waals surface area contributed by atoms with Crippen LogP contribution >= 0.6 is 11.6 Å². The Morgan fingerprint density at radius 2 is 2.16 bits per heavy atom. The third-order valence-electron chi connectivity index (χ3n) is 4.15. The standard InChI is InChI=1S/C14H19ClN2O2/c1-10(2)14(5-6-14)9-16-8-11-7-12(17(18)19)3-4-13(11)15/h3-4,7,10,16H,5-6,8-9H2,1-2H3. The maximum atomic E-state index is 10.7. The lowest BCUT2D eigenvalue weighted by molar-refractivity contribution is -0.384. The van der Waals surface area contributed by atoms with E-state index in [4.69, 9.17) is 11.6 Å². The van der Waals surface area contributed by atoms with E-state index in [1.54, 1.807) is 12.1 Å². The number of hydrogen-bond donors (Lipinski definition) is 1. The third kappa shape index (κ3) is 3.25. The van der Waals surface area contributed by atoms with E-state index in [1.807, 2.05) is 0 Å². The number of benzene rings is 1. The van der Waals surface area contributed by atoms with Gasteiger partial charge in [-0.15, -0.1) is 0 Å². The number of non-ortho nitro benzene ring substituents is 1. The molecule has 0 saturated heterocycles. The zero-order chi connectivity index (χ0) is 14.0. The summed E-state index contributed by atoms with van der Waals surface area (Å²) in [5.41, 5.74) is 1.30. The molecule has 0 aromatic heterocycles. The lowest BCUT2D eigenvalue weighted by atomic mass is 9.92. The number of nitro groups is 1. The van der Waals surface area contributed by atoms with Gasteiger partial charge in [0.2, 0.25) is 0 Å². The zero-order valence-electron chi connectivity index (χ0n) is 11.3. The highest BCUT2D eigenvalue weighted by molar-refractivity contribution is 6.31. The monoisotopic (exact) mass is 282 g/mol. The molecule has 1 aliphatic rings. The molecule has 0 spiro atoms. The summed E-state index contributed by atoms with van der Waals surface area (Å²) in [7, 11) is 0. The van der Waals surface area contributed by atoms with E-state index in [0.717, 1.165) is 12.1 Å². The van der Waals surface area contributed by atoms with Gasteiger partial charge in [0.25, 0.3) is 5.69 Å². The first-order valence-electron chi connectivity index (χ1n) is 6.58. The molecule has 2 rings (SSSR count). The van der Waals surface area contributed by atoms with Gasteiger partial charge >= 0.3 is 0 Å². The highest BCUT2D eigenvalue weighted by atomic mass is 35.5. The fourth-order valence-corrected chi connectivity index (χ4v) is 2.56. The van der Waals surface area contributed by atoms with Crippen molar-refractivity contribution in [2.45, 2.75) is 33.2 Å².